The maximum atomic E-state index is 13.0. The van der Waals surface area contributed by atoms with Crippen LogP contribution >= 0.6 is 0 Å². The molecule has 0 saturated heterocycles. The van der Waals surface area contributed by atoms with Crippen molar-refractivity contribution in [2.75, 3.05) is 10.5 Å². The van der Waals surface area contributed by atoms with Crippen LogP contribution in [-0.2, 0) is 10.0 Å². The lowest BCUT2D eigenvalue weighted by atomic mass is 10.2. The number of hydrogen-bond acceptors (Lipinski definition) is 4. The van der Waals surface area contributed by atoms with Gasteiger partial charge in [0.1, 0.15) is 5.82 Å². The summed E-state index contributed by atoms with van der Waals surface area (Å²) in [5, 5.41) is 8.75. The summed E-state index contributed by atoms with van der Waals surface area (Å²) in [5.41, 5.74) is 6.62. The van der Waals surface area contributed by atoms with E-state index in [0.717, 1.165) is 12.1 Å². The minimum atomic E-state index is -3.88. The van der Waals surface area contributed by atoms with Gasteiger partial charge in [-0.2, -0.15) is 5.26 Å². The Kier molecular flexibility index (Phi) is 3.82. The van der Waals surface area contributed by atoms with Gasteiger partial charge in [0.2, 0.25) is 0 Å². The molecule has 0 spiro atoms. The normalized spacial score (nSPS) is 10.9. The maximum absolute atomic E-state index is 13.0. The molecule has 0 atom stereocenters. The Morgan fingerprint density at radius 1 is 1.24 bits per heavy atom. The van der Waals surface area contributed by atoms with Crippen LogP contribution in [0.25, 0.3) is 0 Å². The Morgan fingerprint density at radius 2 is 1.95 bits per heavy atom. The number of anilines is 2. The molecule has 0 aliphatic rings. The highest BCUT2D eigenvalue weighted by Crippen LogP contribution is 2.24. The first-order valence-corrected chi connectivity index (χ1v) is 7.40. The van der Waals surface area contributed by atoms with Crippen molar-refractivity contribution >= 4 is 21.4 Å². The second kappa shape index (κ2) is 5.42. The molecule has 0 aliphatic heterocycles. The number of rotatable bonds is 3. The summed E-state index contributed by atoms with van der Waals surface area (Å²) in [7, 11) is -3.88. The highest BCUT2D eigenvalue weighted by molar-refractivity contribution is 7.92. The third kappa shape index (κ3) is 3.12. The summed E-state index contributed by atoms with van der Waals surface area (Å²) in [6.45, 7) is 1.50. The van der Waals surface area contributed by atoms with Crippen LogP contribution in [0.15, 0.2) is 41.3 Å². The van der Waals surface area contributed by atoms with E-state index in [-0.39, 0.29) is 21.8 Å². The number of nitrogens with zero attached hydrogens (tertiary/aromatic N) is 1. The number of nitrogen functional groups attached to an aromatic ring is 1. The van der Waals surface area contributed by atoms with E-state index in [4.69, 9.17) is 11.0 Å². The van der Waals surface area contributed by atoms with Gasteiger partial charge in [-0.3, -0.25) is 4.72 Å². The Morgan fingerprint density at radius 3 is 2.52 bits per heavy atom. The van der Waals surface area contributed by atoms with E-state index in [1.165, 1.54) is 31.2 Å². The van der Waals surface area contributed by atoms with E-state index in [1.807, 2.05) is 6.07 Å². The zero-order chi connectivity index (χ0) is 15.6. The number of halogens is 1. The van der Waals surface area contributed by atoms with Crippen molar-refractivity contribution < 1.29 is 12.8 Å². The van der Waals surface area contributed by atoms with E-state index in [0.29, 0.717) is 5.56 Å². The topological polar surface area (TPSA) is 96.0 Å². The molecular formula is C14H12FN3O2S. The van der Waals surface area contributed by atoms with E-state index in [9.17, 15) is 12.8 Å². The van der Waals surface area contributed by atoms with Gasteiger partial charge in [-0.05, 0) is 48.9 Å². The first-order chi connectivity index (χ1) is 9.83. The monoisotopic (exact) mass is 305 g/mol. The predicted octanol–water partition coefficient (Wildman–Crippen LogP) is 2.39. The lowest BCUT2D eigenvalue weighted by Gasteiger charge is -2.12. The molecule has 21 heavy (non-hydrogen) atoms. The molecule has 0 bridgehead atoms. The van der Waals surface area contributed by atoms with Gasteiger partial charge in [-0.25, -0.2) is 12.8 Å². The summed E-state index contributed by atoms with van der Waals surface area (Å²) < 4.78 is 39.9. The molecule has 2 aromatic rings. The maximum Gasteiger partial charge on any atom is 0.262 e. The summed E-state index contributed by atoms with van der Waals surface area (Å²) in [6, 6.07) is 9.53. The smallest absolute Gasteiger partial charge is 0.262 e. The number of nitrogens with one attached hydrogen (secondary N) is 1. The van der Waals surface area contributed by atoms with Crippen molar-refractivity contribution in [3.05, 3.63) is 53.3 Å². The van der Waals surface area contributed by atoms with E-state index in [1.54, 1.807) is 0 Å². The molecule has 0 amide bonds. The Bertz CT molecular complexity index is 842. The van der Waals surface area contributed by atoms with Gasteiger partial charge in [0.25, 0.3) is 10.0 Å². The summed E-state index contributed by atoms with van der Waals surface area (Å²) >= 11 is 0. The van der Waals surface area contributed by atoms with Gasteiger partial charge in [0, 0.05) is 0 Å². The van der Waals surface area contributed by atoms with Crippen molar-refractivity contribution in [3.8, 4) is 6.07 Å². The van der Waals surface area contributed by atoms with Crippen LogP contribution in [0.3, 0.4) is 0 Å². The average molecular weight is 305 g/mol. The predicted molar refractivity (Wildman–Crippen MR) is 77.5 cm³/mol. The van der Waals surface area contributed by atoms with Crippen molar-refractivity contribution in [1.29, 1.82) is 5.26 Å². The molecule has 0 heterocycles. The number of aryl methyl sites for hydroxylation is 1. The molecule has 0 aliphatic carbocycles. The molecule has 7 heteroatoms. The Hall–Kier alpha value is -2.59. The van der Waals surface area contributed by atoms with Gasteiger partial charge >= 0.3 is 0 Å². The number of hydrogen-bond donors (Lipinski definition) is 2. The van der Waals surface area contributed by atoms with Crippen LogP contribution < -0.4 is 10.5 Å². The minimum absolute atomic E-state index is 0.0346. The molecular weight excluding hydrogens is 293 g/mol. The first-order valence-electron chi connectivity index (χ1n) is 5.92. The molecule has 3 N–H and O–H groups in total. The van der Waals surface area contributed by atoms with Crippen LogP contribution in [0, 0.1) is 24.1 Å². The standard InChI is InChI=1S/C14H12FN3O2S/c1-9-6-11(15)3-5-14(9)21(19,20)18-13-4-2-10(8-16)7-12(13)17/h2-7,18H,17H2,1H3. The Labute approximate surface area is 121 Å². The highest BCUT2D eigenvalue weighted by atomic mass is 32.2. The van der Waals surface area contributed by atoms with Gasteiger partial charge in [0.15, 0.2) is 0 Å². The molecule has 2 aromatic carbocycles. The van der Waals surface area contributed by atoms with Crippen LogP contribution in [0.5, 0.6) is 0 Å². The molecule has 0 unspecified atom stereocenters. The summed E-state index contributed by atoms with van der Waals surface area (Å²) in [6.07, 6.45) is 0. The van der Waals surface area contributed by atoms with Crippen LogP contribution in [0.4, 0.5) is 15.8 Å². The molecule has 2 rings (SSSR count). The lowest BCUT2D eigenvalue weighted by Crippen LogP contribution is -2.15. The van der Waals surface area contributed by atoms with Crippen LogP contribution in [0.1, 0.15) is 11.1 Å². The Balaban J connectivity index is 2.40. The molecule has 108 valence electrons. The van der Waals surface area contributed by atoms with Crippen LogP contribution in [0.2, 0.25) is 0 Å². The van der Waals surface area contributed by atoms with Gasteiger partial charge in [0.05, 0.1) is 27.9 Å². The van der Waals surface area contributed by atoms with E-state index < -0.39 is 15.8 Å². The third-order valence-electron chi connectivity index (χ3n) is 2.85. The van der Waals surface area contributed by atoms with Crippen molar-refractivity contribution in [2.45, 2.75) is 11.8 Å². The molecule has 0 aromatic heterocycles. The second-order valence-corrected chi connectivity index (χ2v) is 6.08. The van der Waals surface area contributed by atoms with Gasteiger partial charge in [-0.15, -0.1) is 0 Å². The largest absolute Gasteiger partial charge is 0.397 e. The van der Waals surface area contributed by atoms with Crippen LogP contribution in [-0.4, -0.2) is 8.42 Å². The fourth-order valence-electron chi connectivity index (χ4n) is 1.84. The summed E-state index contributed by atoms with van der Waals surface area (Å²) in [4.78, 5) is -0.0346. The average Bonchev–Trinajstić information content (AvgIpc) is 2.40. The zero-order valence-corrected chi connectivity index (χ0v) is 11.9. The first kappa shape index (κ1) is 14.8. The highest BCUT2D eigenvalue weighted by Gasteiger charge is 2.18. The number of benzene rings is 2. The van der Waals surface area contributed by atoms with Gasteiger partial charge < -0.3 is 5.73 Å². The fourth-order valence-corrected chi connectivity index (χ4v) is 3.15. The number of sulfonamides is 1. The van der Waals surface area contributed by atoms with Crippen molar-refractivity contribution in [1.82, 2.24) is 0 Å². The molecule has 0 fully saturated rings. The SMILES string of the molecule is Cc1cc(F)ccc1S(=O)(=O)Nc1ccc(C#N)cc1N. The lowest BCUT2D eigenvalue weighted by molar-refractivity contribution is 0.598. The minimum Gasteiger partial charge on any atom is -0.397 e. The van der Waals surface area contributed by atoms with Crippen molar-refractivity contribution in [3.63, 3.8) is 0 Å². The van der Waals surface area contributed by atoms with E-state index >= 15 is 0 Å². The third-order valence-corrected chi connectivity index (χ3v) is 4.38. The van der Waals surface area contributed by atoms with Crippen molar-refractivity contribution in [2.24, 2.45) is 0 Å². The summed E-state index contributed by atoms with van der Waals surface area (Å²) in [5.74, 6) is -0.510. The van der Waals surface area contributed by atoms with E-state index in [2.05, 4.69) is 4.72 Å². The zero-order valence-electron chi connectivity index (χ0n) is 11.1. The number of nitriles is 1. The molecule has 5 nitrogen and oxygen atoms in total. The van der Waals surface area contributed by atoms with Gasteiger partial charge in [-0.1, -0.05) is 0 Å². The molecule has 0 saturated carbocycles. The quantitative estimate of drug-likeness (QED) is 0.851. The second-order valence-electron chi connectivity index (χ2n) is 4.43. The number of nitrogens with two attached hydrogens (primary N) is 1. The molecule has 0 radical (unpaired) electrons. The fraction of sp³-hybridized carbons (Fsp3) is 0.0714.